The second-order valence-electron chi connectivity index (χ2n) is 12.4. The number of carbonyl (C=O) groups is 2. The summed E-state index contributed by atoms with van der Waals surface area (Å²) in [6.45, 7) is 3.70. The average molecular weight is 672 g/mol. The van der Waals surface area contributed by atoms with Crippen molar-refractivity contribution in [1.82, 2.24) is 10.2 Å². The van der Waals surface area contributed by atoms with E-state index in [1.807, 2.05) is 48.5 Å². The quantitative estimate of drug-likeness (QED) is 0.161. The molecule has 0 aliphatic heterocycles. The Morgan fingerprint density at radius 3 is 2.06 bits per heavy atom. The molecule has 1 aliphatic carbocycles. The summed E-state index contributed by atoms with van der Waals surface area (Å²) in [5.41, 5.74) is 3.04. The van der Waals surface area contributed by atoms with Crippen molar-refractivity contribution in [3.05, 3.63) is 131 Å². The molecule has 0 heterocycles. The summed E-state index contributed by atoms with van der Waals surface area (Å²) in [5.74, 6) is -0.509. The van der Waals surface area contributed by atoms with Crippen molar-refractivity contribution < 1.29 is 18.0 Å². The number of halogens is 1. The molecule has 4 aromatic carbocycles. The van der Waals surface area contributed by atoms with E-state index in [-0.39, 0.29) is 35.7 Å². The van der Waals surface area contributed by atoms with Gasteiger partial charge in [0.05, 0.1) is 10.6 Å². The number of carbonyl (C=O) groups excluding carboxylic acids is 2. The maximum absolute atomic E-state index is 14.6. The van der Waals surface area contributed by atoms with E-state index in [0.29, 0.717) is 10.7 Å². The smallest absolute Gasteiger partial charge is 0.264 e. The van der Waals surface area contributed by atoms with Crippen molar-refractivity contribution in [3.8, 4) is 0 Å². The topological polar surface area (TPSA) is 86.8 Å². The van der Waals surface area contributed by atoms with Gasteiger partial charge in [-0.2, -0.15) is 0 Å². The normalized spacial score (nSPS) is 14.1. The third-order valence-electron chi connectivity index (χ3n) is 8.67. The van der Waals surface area contributed by atoms with E-state index in [4.69, 9.17) is 11.6 Å². The predicted octanol–water partition coefficient (Wildman–Crippen LogP) is 7.36. The molecule has 9 heteroatoms. The molecule has 0 aromatic heterocycles. The van der Waals surface area contributed by atoms with E-state index < -0.39 is 28.5 Å². The van der Waals surface area contributed by atoms with Crippen molar-refractivity contribution >= 4 is 39.1 Å². The molecule has 7 nitrogen and oxygen atoms in total. The molecule has 1 saturated carbocycles. The number of amides is 2. The van der Waals surface area contributed by atoms with Crippen molar-refractivity contribution in [3.63, 3.8) is 0 Å². The Bertz CT molecular complexity index is 1740. The van der Waals surface area contributed by atoms with Crippen LogP contribution in [0.1, 0.15) is 62.1 Å². The van der Waals surface area contributed by atoms with Crippen molar-refractivity contribution in [1.29, 1.82) is 0 Å². The summed E-state index contributed by atoms with van der Waals surface area (Å²) in [7, 11) is -4.15. The largest absolute Gasteiger partial charge is 0.352 e. The Balaban J connectivity index is 1.56. The lowest BCUT2D eigenvalue weighted by Crippen LogP contribution is -2.54. The van der Waals surface area contributed by atoms with Crippen molar-refractivity contribution in [2.75, 3.05) is 10.8 Å². The number of nitrogens with one attached hydrogen (secondary N) is 1. The van der Waals surface area contributed by atoms with Crippen LogP contribution < -0.4 is 9.62 Å². The molecule has 1 atom stereocenters. The van der Waals surface area contributed by atoms with Crippen molar-refractivity contribution in [2.24, 2.45) is 0 Å². The third kappa shape index (κ3) is 8.82. The molecule has 4 aromatic rings. The van der Waals surface area contributed by atoms with Crippen LogP contribution in [0.4, 0.5) is 5.69 Å². The molecule has 0 radical (unpaired) electrons. The fourth-order valence-corrected chi connectivity index (χ4v) is 7.68. The van der Waals surface area contributed by atoms with E-state index in [0.717, 1.165) is 46.7 Å². The van der Waals surface area contributed by atoms with Gasteiger partial charge in [-0.05, 0) is 71.8 Å². The minimum absolute atomic E-state index is 0.0401. The number of hydrogen-bond acceptors (Lipinski definition) is 4. The number of nitrogens with zero attached hydrogens (tertiary/aromatic N) is 2. The number of benzene rings is 4. The molecule has 0 unspecified atom stereocenters. The number of hydrogen-bond donors (Lipinski definition) is 1. The highest BCUT2D eigenvalue weighted by Crippen LogP contribution is 2.27. The van der Waals surface area contributed by atoms with Crippen LogP contribution in [0.3, 0.4) is 0 Å². The zero-order valence-electron chi connectivity index (χ0n) is 26.9. The maximum Gasteiger partial charge on any atom is 0.264 e. The maximum atomic E-state index is 14.6. The molecular weight excluding hydrogens is 630 g/mol. The van der Waals surface area contributed by atoms with Gasteiger partial charge in [0.25, 0.3) is 10.0 Å². The van der Waals surface area contributed by atoms with E-state index in [2.05, 4.69) is 19.2 Å². The van der Waals surface area contributed by atoms with Gasteiger partial charge in [-0.15, -0.1) is 0 Å². The zero-order valence-corrected chi connectivity index (χ0v) is 28.5. The summed E-state index contributed by atoms with van der Waals surface area (Å²) in [6.07, 6.45) is 4.13. The lowest BCUT2D eigenvalue weighted by Gasteiger charge is -2.34. The third-order valence-corrected chi connectivity index (χ3v) is 10.7. The van der Waals surface area contributed by atoms with E-state index in [9.17, 15) is 18.0 Å². The molecule has 1 N–H and O–H groups in total. The van der Waals surface area contributed by atoms with Gasteiger partial charge in [-0.25, -0.2) is 8.42 Å². The lowest BCUT2D eigenvalue weighted by molar-refractivity contribution is -0.140. The summed E-state index contributed by atoms with van der Waals surface area (Å²) < 4.78 is 29.5. The van der Waals surface area contributed by atoms with Crippen LogP contribution in [0.2, 0.25) is 5.02 Å². The highest BCUT2D eigenvalue weighted by atomic mass is 35.5. The molecule has 0 bridgehead atoms. The SMILES string of the molecule is CC(C)c1ccc(N(CC(=O)N(Cc2cccc(Cl)c2)[C@@H](Cc2ccccc2)C(=O)NC2CCCC2)S(=O)(=O)c2ccccc2)cc1. The first-order valence-corrected chi connectivity index (χ1v) is 18.0. The van der Waals surface area contributed by atoms with Gasteiger partial charge in [0.2, 0.25) is 11.8 Å². The predicted molar refractivity (Wildman–Crippen MR) is 188 cm³/mol. The van der Waals surface area contributed by atoms with Crippen LogP contribution >= 0.6 is 11.6 Å². The van der Waals surface area contributed by atoms with Crippen LogP contribution in [0.25, 0.3) is 0 Å². The van der Waals surface area contributed by atoms with Gasteiger partial charge in [-0.3, -0.25) is 13.9 Å². The monoisotopic (exact) mass is 671 g/mol. The Labute approximate surface area is 283 Å². The first kappa shape index (κ1) is 34.2. The number of anilines is 1. The Morgan fingerprint density at radius 2 is 1.45 bits per heavy atom. The molecule has 1 fully saturated rings. The van der Waals surface area contributed by atoms with Crippen LogP contribution in [0.5, 0.6) is 0 Å². The molecule has 1 aliphatic rings. The molecule has 5 rings (SSSR count). The van der Waals surface area contributed by atoms with Gasteiger partial charge >= 0.3 is 0 Å². The summed E-state index contributed by atoms with van der Waals surface area (Å²) in [5, 5.41) is 3.70. The first-order chi connectivity index (χ1) is 22.6. The van der Waals surface area contributed by atoms with Crippen LogP contribution in [0, 0.1) is 0 Å². The summed E-state index contributed by atoms with van der Waals surface area (Å²) >= 11 is 6.35. The second-order valence-corrected chi connectivity index (χ2v) is 14.7. The minimum Gasteiger partial charge on any atom is -0.352 e. The van der Waals surface area contributed by atoms with Crippen molar-refractivity contribution in [2.45, 2.75) is 75.4 Å². The Morgan fingerprint density at radius 1 is 0.830 bits per heavy atom. The van der Waals surface area contributed by atoms with E-state index in [1.165, 1.54) is 17.0 Å². The standard InChI is InChI=1S/C38H42ClN3O4S/c1-28(2)31-20-22-34(23-21-31)42(47(45,46)35-18-7-4-8-19-35)27-37(43)41(26-30-14-11-15-32(39)24-30)36(25-29-12-5-3-6-13-29)38(44)40-33-16-9-10-17-33/h3-8,11-15,18-24,28,33,36H,9-10,16-17,25-27H2,1-2H3,(H,40,44)/t36-/m0/s1. The van der Waals surface area contributed by atoms with E-state index >= 15 is 0 Å². The molecular formula is C38H42ClN3O4S. The number of sulfonamides is 1. The Hall–Kier alpha value is -4.14. The van der Waals surface area contributed by atoms with E-state index in [1.54, 1.807) is 48.5 Å². The minimum atomic E-state index is -4.15. The number of rotatable bonds is 13. The highest BCUT2D eigenvalue weighted by Gasteiger charge is 2.35. The lowest BCUT2D eigenvalue weighted by atomic mass is 10.0. The molecule has 2 amide bonds. The molecule has 47 heavy (non-hydrogen) atoms. The van der Waals surface area contributed by atoms with Crippen LogP contribution in [0.15, 0.2) is 114 Å². The molecule has 0 spiro atoms. The summed E-state index contributed by atoms with van der Waals surface area (Å²) in [6, 6.07) is 31.2. The zero-order chi connectivity index (χ0) is 33.4. The van der Waals surface area contributed by atoms with Gasteiger partial charge in [0.1, 0.15) is 12.6 Å². The highest BCUT2D eigenvalue weighted by molar-refractivity contribution is 7.92. The molecule has 0 saturated heterocycles. The first-order valence-electron chi connectivity index (χ1n) is 16.2. The molecule has 246 valence electrons. The summed E-state index contributed by atoms with van der Waals surface area (Å²) in [4.78, 5) is 30.4. The second kappa shape index (κ2) is 15.6. The fraction of sp³-hybridized carbons (Fsp3) is 0.316. The van der Waals surface area contributed by atoms with Gasteiger partial charge in [0.15, 0.2) is 0 Å². The van der Waals surface area contributed by atoms with Gasteiger partial charge in [-0.1, -0.05) is 111 Å². The van der Waals surface area contributed by atoms with Gasteiger partial charge in [0, 0.05) is 24.0 Å². The fourth-order valence-electron chi connectivity index (χ4n) is 6.03. The Kier molecular flexibility index (Phi) is 11.4. The van der Waals surface area contributed by atoms with Crippen LogP contribution in [-0.2, 0) is 32.6 Å². The van der Waals surface area contributed by atoms with Crippen LogP contribution in [-0.4, -0.2) is 43.8 Å². The van der Waals surface area contributed by atoms with Gasteiger partial charge < -0.3 is 10.2 Å². The average Bonchev–Trinajstić information content (AvgIpc) is 3.59.